The Kier molecular flexibility index (Phi) is 6.67. The van der Waals surface area contributed by atoms with Crippen molar-refractivity contribution in [2.45, 2.75) is 18.9 Å². The number of hydrogen-bond donors (Lipinski definition) is 2. The van der Waals surface area contributed by atoms with Gasteiger partial charge in [0, 0.05) is 0 Å². The fourth-order valence-electron chi connectivity index (χ4n) is 1.60. The minimum atomic E-state index is -1.66. The molecule has 112 valence electrons. The van der Waals surface area contributed by atoms with E-state index in [4.69, 9.17) is 9.84 Å². The third-order valence-corrected chi connectivity index (χ3v) is 2.64. The Morgan fingerprint density at radius 3 is 2.52 bits per heavy atom. The van der Waals surface area contributed by atoms with Crippen LogP contribution in [0.3, 0.4) is 0 Å². The Labute approximate surface area is 122 Å². The van der Waals surface area contributed by atoms with Gasteiger partial charge < -0.3 is 15.2 Å². The van der Waals surface area contributed by atoms with Crippen molar-refractivity contribution in [1.29, 1.82) is 0 Å². The smallest absolute Gasteiger partial charge is 0.394 e. The summed E-state index contributed by atoms with van der Waals surface area (Å²) in [6.45, 7) is 3.73. The van der Waals surface area contributed by atoms with Crippen molar-refractivity contribution >= 4 is 17.8 Å². The van der Waals surface area contributed by atoms with Crippen molar-refractivity contribution in [2.75, 3.05) is 6.61 Å². The van der Waals surface area contributed by atoms with Crippen molar-refractivity contribution in [1.82, 2.24) is 5.32 Å². The normalized spacial score (nSPS) is 11.2. The van der Waals surface area contributed by atoms with Crippen molar-refractivity contribution < 1.29 is 24.2 Å². The maximum absolute atomic E-state index is 12.0. The third kappa shape index (κ3) is 5.48. The predicted octanol–water partition coefficient (Wildman–Crippen LogP) is 1.44. The molecule has 21 heavy (non-hydrogen) atoms. The summed E-state index contributed by atoms with van der Waals surface area (Å²) in [4.78, 5) is 33.9. The molecule has 0 bridgehead atoms. The van der Waals surface area contributed by atoms with E-state index in [0.29, 0.717) is 18.4 Å². The van der Waals surface area contributed by atoms with Crippen LogP contribution in [0.2, 0.25) is 0 Å². The van der Waals surface area contributed by atoms with Crippen LogP contribution in [0.5, 0.6) is 0 Å². The molecule has 1 rings (SSSR count). The molecule has 1 aromatic carbocycles. The Bertz CT molecular complexity index is 512. The van der Waals surface area contributed by atoms with Gasteiger partial charge in [0.2, 0.25) is 0 Å². The molecule has 0 fully saturated rings. The summed E-state index contributed by atoms with van der Waals surface area (Å²) < 4.78 is 5.05. The Morgan fingerprint density at radius 2 is 1.95 bits per heavy atom. The number of carbonyl (C=O) groups excluding carboxylic acids is 2. The van der Waals surface area contributed by atoms with Gasteiger partial charge >= 0.3 is 17.8 Å². The van der Waals surface area contributed by atoms with Crippen LogP contribution in [0, 0.1) is 0 Å². The molecule has 0 aliphatic rings. The topological polar surface area (TPSA) is 92.7 Å². The molecule has 2 N–H and O–H groups in total. The molecule has 0 aliphatic heterocycles. The molecule has 0 saturated heterocycles. The Hall–Kier alpha value is -2.63. The van der Waals surface area contributed by atoms with Crippen LogP contribution in [-0.2, 0) is 19.1 Å². The van der Waals surface area contributed by atoms with Gasteiger partial charge in [-0.25, -0.2) is 9.59 Å². The summed E-state index contributed by atoms with van der Waals surface area (Å²) in [5.41, 5.74) is 0.459. The molecule has 0 heterocycles. The average molecular weight is 291 g/mol. The zero-order chi connectivity index (χ0) is 15.7. The number of benzene rings is 1. The molecule has 0 spiro atoms. The first-order valence-corrected chi connectivity index (χ1v) is 6.42. The van der Waals surface area contributed by atoms with Gasteiger partial charge in [-0.3, -0.25) is 4.79 Å². The first kappa shape index (κ1) is 16.4. The summed E-state index contributed by atoms with van der Waals surface area (Å²) in [5.74, 6) is -3.61. The van der Waals surface area contributed by atoms with Crippen LogP contribution in [0.4, 0.5) is 0 Å². The van der Waals surface area contributed by atoms with Gasteiger partial charge in [-0.05, 0) is 18.4 Å². The minimum Gasteiger partial charge on any atom is -0.474 e. The first-order chi connectivity index (χ1) is 10.1. The predicted molar refractivity (Wildman–Crippen MR) is 75.4 cm³/mol. The molecule has 1 atom stereocenters. The second-order valence-electron chi connectivity index (χ2n) is 4.22. The molecule has 0 radical (unpaired) electrons. The number of aliphatic carboxylic acids is 1. The second kappa shape index (κ2) is 8.52. The van der Waals surface area contributed by atoms with Gasteiger partial charge in [0.05, 0.1) is 6.61 Å². The van der Waals surface area contributed by atoms with E-state index < -0.39 is 23.9 Å². The largest absolute Gasteiger partial charge is 0.474 e. The molecular weight excluding hydrogens is 274 g/mol. The van der Waals surface area contributed by atoms with E-state index >= 15 is 0 Å². The van der Waals surface area contributed by atoms with Crippen LogP contribution < -0.4 is 5.32 Å². The van der Waals surface area contributed by atoms with E-state index in [1.807, 2.05) is 0 Å². The minimum absolute atomic E-state index is 0.178. The number of carboxylic acids is 1. The number of unbranched alkanes of at least 4 members (excludes halogenated alkanes) is 1. The number of allylic oxidation sites excluding steroid dienone is 1. The highest BCUT2D eigenvalue weighted by Crippen LogP contribution is 2.14. The summed E-state index contributed by atoms with van der Waals surface area (Å²) in [6, 6.07) is 7.18. The van der Waals surface area contributed by atoms with Crippen molar-refractivity contribution in [3.05, 3.63) is 48.6 Å². The average Bonchev–Trinajstić information content (AvgIpc) is 2.49. The highest BCUT2D eigenvalue weighted by Gasteiger charge is 2.26. The summed E-state index contributed by atoms with van der Waals surface area (Å²) in [6.07, 6.45) is 3.02. The molecule has 6 heteroatoms. The monoisotopic (exact) mass is 291 g/mol. The highest BCUT2D eigenvalue weighted by molar-refractivity contribution is 6.31. The zero-order valence-corrected chi connectivity index (χ0v) is 11.5. The van der Waals surface area contributed by atoms with E-state index in [9.17, 15) is 14.4 Å². The number of carbonyl (C=O) groups is 3. The maximum Gasteiger partial charge on any atom is 0.394 e. The zero-order valence-electron chi connectivity index (χ0n) is 11.5. The molecule has 1 unspecified atom stereocenters. The number of nitrogens with one attached hydrogen (secondary N) is 1. The Morgan fingerprint density at radius 1 is 1.29 bits per heavy atom. The lowest BCUT2D eigenvalue weighted by Gasteiger charge is -2.16. The molecular formula is C15H17NO5. The summed E-state index contributed by atoms with van der Waals surface area (Å²) >= 11 is 0. The molecule has 1 amide bonds. The summed E-state index contributed by atoms with van der Waals surface area (Å²) in [7, 11) is 0. The number of ether oxygens (including phenoxy) is 1. The number of rotatable bonds is 7. The van der Waals surface area contributed by atoms with Crippen LogP contribution >= 0.6 is 0 Å². The highest BCUT2D eigenvalue weighted by atomic mass is 16.5. The van der Waals surface area contributed by atoms with E-state index in [1.54, 1.807) is 36.4 Å². The standard InChI is InChI=1S/C15H17NO5/c1-2-3-7-10-21-15(20)12(16-13(17)14(18)19)11-8-5-4-6-9-11/h2,4-6,8-9,12H,1,3,7,10H2,(H,16,17)(H,18,19). The number of hydrogen-bond acceptors (Lipinski definition) is 4. The van der Waals surface area contributed by atoms with Crippen molar-refractivity contribution in [3.8, 4) is 0 Å². The number of amides is 1. The molecule has 6 nitrogen and oxygen atoms in total. The van der Waals surface area contributed by atoms with Gasteiger partial charge in [0.1, 0.15) is 0 Å². The van der Waals surface area contributed by atoms with E-state index in [2.05, 4.69) is 11.9 Å². The van der Waals surface area contributed by atoms with Gasteiger partial charge in [-0.2, -0.15) is 0 Å². The number of esters is 1. The molecule has 0 aromatic heterocycles. The maximum atomic E-state index is 12.0. The molecule has 1 aromatic rings. The quantitative estimate of drug-likeness (QED) is 0.343. The van der Waals surface area contributed by atoms with Crippen molar-refractivity contribution in [3.63, 3.8) is 0 Å². The molecule has 0 saturated carbocycles. The van der Waals surface area contributed by atoms with Gasteiger partial charge in [0.25, 0.3) is 0 Å². The fourth-order valence-corrected chi connectivity index (χ4v) is 1.60. The van der Waals surface area contributed by atoms with Crippen molar-refractivity contribution in [2.24, 2.45) is 0 Å². The lowest BCUT2D eigenvalue weighted by atomic mass is 10.1. The summed E-state index contributed by atoms with van der Waals surface area (Å²) in [5, 5.41) is 10.8. The van der Waals surface area contributed by atoms with Gasteiger partial charge in [0.15, 0.2) is 6.04 Å². The Balaban J connectivity index is 2.76. The van der Waals surface area contributed by atoms with E-state index in [0.717, 1.165) is 0 Å². The van der Waals surface area contributed by atoms with Crippen LogP contribution in [0.1, 0.15) is 24.4 Å². The van der Waals surface area contributed by atoms with E-state index in [-0.39, 0.29) is 6.61 Å². The SMILES string of the molecule is C=CCCCOC(=O)C(NC(=O)C(=O)O)c1ccccc1. The third-order valence-electron chi connectivity index (χ3n) is 2.64. The van der Waals surface area contributed by atoms with E-state index in [1.165, 1.54) is 0 Å². The van der Waals surface area contributed by atoms with Gasteiger partial charge in [-0.1, -0.05) is 36.4 Å². The van der Waals surface area contributed by atoms with Crippen LogP contribution in [0.25, 0.3) is 0 Å². The lowest BCUT2D eigenvalue weighted by molar-refractivity contribution is -0.153. The second-order valence-corrected chi connectivity index (χ2v) is 4.22. The fraction of sp³-hybridized carbons (Fsp3) is 0.267. The number of carboxylic acid groups (broad SMARTS) is 1. The van der Waals surface area contributed by atoms with Gasteiger partial charge in [-0.15, -0.1) is 6.58 Å². The molecule has 0 aliphatic carbocycles. The first-order valence-electron chi connectivity index (χ1n) is 6.42. The van der Waals surface area contributed by atoms with Crippen LogP contribution in [-0.4, -0.2) is 29.6 Å². The van der Waals surface area contributed by atoms with Crippen LogP contribution in [0.15, 0.2) is 43.0 Å². The lowest BCUT2D eigenvalue weighted by Crippen LogP contribution is -2.38.